The average molecular weight is 466 g/mol. The van der Waals surface area contributed by atoms with Gasteiger partial charge in [0.1, 0.15) is 0 Å². The number of hydrogen-bond donors (Lipinski definition) is 2. The van der Waals surface area contributed by atoms with Gasteiger partial charge in [-0.25, -0.2) is 0 Å². The molecule has 0 saturated carbocycles. The van der Waals surface area contributed by atoms with Crippen LogP contribution in [0.25, 0.3) is 11.1 Å². The summed E-state index contributed by atoms with van der Waals surface area (Å²) in [7, 11) is 0. The van der Waals surface area contributed by atoms with Gasteiger partial charge in [-0.2, -0.15) is 0 Å². The monoisotopic (exact) mass is 467 g/mol. The van der Waals surface area contributed by atoms with Gasteiger partial charge in [0.15, 0.2) is 0 Å². The molecule has 1 aliphatic carbocycles. The van der Waals surface area contributed by atoms with E-state index in [1.165, 1.54) is 0 Å². The van der Waals surface area contributed by atoms with E-state index in [0.29, 0.717) is 5.32 Å². The van der Waals surface area contributed by atoms with Gasteiger partial charge in [0.05, 0.1) is 0 Å². The Bertz CT molecular complexity index is 1010. The number of aliphatic carboxylic acids is 1. The molecular formula is C24H21NO4Se. The molecule has 2 N–H and O–H groups in total. The number of carbonyl (C=O) groups excluding carboxylic acids is 1. The Morgan fingerprint density at radius 1 is 0.900 bits per heavy atom. The van der Waals surface area contributed by atoms with Crippen LogP contribution in [-0.2, 0) is 9.53 Å². The molecule has 6 heteroatoms. The summed E-state index contributed by atoms with van der Waals surface area (Å²) in [5.74, 6) is -1.11. The number of carboxylic acid groups (broad SMARTS) is 1. The molecule has 0 saturated heterocycles. The van der Waals surface area contributed by atoms with Crippen LogP contribution in [-0.4, -0.2) is 44.8 Å². The summed E-state index contributed by atoms with van der Waals surface area (Å²) < 4.78 is 6.55. The van der Waals surface area contributed by atoms with Crippen LogP contribution in [0, 0.1) is 0 Å². The van der Waals surface area contributed by atoms with Crippen LogP contribution in [0.2, 0.25) is 5.32 Å². The van der Waals surface area contributed by atoms with E-state index in [4.69, 9.17) is 4.74 Å². The molecule has 30 heavy (non-hydrogen) atoms. The van der Waals surface area contributed by atoms with Gasteiger partial charge in [-0.1, -0.05) is 0 Å². The van der Waals surface area contributed by atoms with Crippen LogP contribution in [0.5, 0.6) is 0 Å². The fraction of sp³-hybridized carbons (Fsp3) is 0.167. The molecule has 1 aliphatic rings. The van der Waals surface area contributed by atoms with Crippen molar-refractivity contribution in [2.45, 2.75) is 17.3 Å². The van der Waals surface area contributed by atoms with Gasteiger partial charge < -0.3 is 0 Å². The molecule has 0 unspecified atom stereocenters. The van der Waals surface area contributed by atoms with E-state index in [-0.39, 0.29) is 27.5 Å². The van der Waals surface area contributed by atoms with Crippen LogP contribution < -0.4 is 9.78 Å². The minimum absolute atomic E-state index is 0.0546. The van der Waals surface area contributed by atoms with E-state index in [2.05, 4.69) is 17.4 Å². The Morgan fingerprint density at radius 2 is 1.47 bits per heavy atom. The predicted molar refractivity (Wildman–Crippen MR) is 116 cm³/mol. The predicted octanol–water partition coefficient (Wildman–Crippen LogP) is 3.43. The van der Waals surface area contributed by atoms with Crippen LogP contribution in [0.4, 0.5) is 4.79 Å². The van der Waals surface area contributed by atoms with Crippen LogP contribution in [0.1, 0.15) is 17.0 Å². The number of rotatable bonds is 7. The van der Waals surface area contributed by atoms with Gasteiger partial charge in [0.2, 0.25) is 0 Å². The van der Waals surface area contributed by atoms with Crippen molar-refractivity contribution in [3.63, 3.8) is 0 Å². The van der Waals surface area contributed by atoms with E-state index in [9.17, 15) is 14.7 Å². The van der Waals surface area contributed by atoms with Crippen molar-refractivity contribution in [2.24, 2.45) is 0 Å². The van der Waals surface area contributed by atoms with Crippen molar-refractivity contribution in [3.8, 4) is 11.1 Å². The minimum atomic E-state index is -1.05. The Morgan fingerprint density at radius 3 is 2.07 bits per heavy atom. The normalized spacial score (nSPS) is 13.2. The number of alkyl carbamates (subject to hydrolysis) is 1. The van der Waals surface area contributed by atoms with Gasteiger partial charge in [-0.15, -0.1) is 0 Å². The first-order chi connectivity index (χ1) is 14.6. The molecule has 0 spiro atoms. The van der Waals surface area contributed by atoms with Crippen LogP contribution >= 0.6 is 0 Å². The molecule has 0 bridgehead atoms. The second kappa shape index (κ2) is 9.16. The third kappa shape index (κ3) is 4.40. The molecule has 1 amide bonds. The average Bonchev–Trinajstić information content (AvgIpc) is 3.09. The summed E-state index contributed by atoms with van der Waals surface area (Å²) in [6, 6.07) is 24.9. The fourth-order valence-electron chi connectivity index (χ4n) is 3.65. The second-order valence-corrected chi connectivity index (χ2v) is 9.28. The Balaban J connectivity index is 1.38. The maximum atomic E-state index is 12.4. The zero-order valence-electron chi connectivity index (χ0n) is 16.2. The van der Waals surface area contributed by atoms with Crippen molar-refractivity contribution < 1.29 is 19.4 Å². The van der Waals surface area contributed by atoms with Crippen molar-refractivity contribution in [1.29, 1.82) is 0 Å². The summed E-state index contributed by atoms with van der Waals surface area (Å²) in [4.78, 5) is 23.9. The van der Waals surface area contributed by atoms with E-state index >= 15 is 0 Å². The van der Waals surface area contributed by atoms with E-state index < -0.39 is 18.1 Å². The first-order valence-corrected chi connectivity index (χ1v) is 11.7. The van der Waals surface area contributed by atoms with Gasteiger partial charge in [0.25, 0.3) is 0 Å². The van der Waals surface area contributed by atoms with E-state index in [1.54, 1.807) is 0 Å². The maximum absolute atomic E-state index is 12.4. The molecule has 4 rings (SSSR count). The van der Waals surface area contributed by atoms with Crippen molar-refractivity contribution >= 4 is 31.5 Å². The molecule has 152 valence electrons. The molecule has 0 aliphatic heterocycles. The van der Waals surface area contributed by atoms with Crippen LogP contribution in [0.15, 0.2) is 78.9 Å². The van der Waals surface area contributed by atoms with Gasteiger partial charge in [0, 0.05) is 0 Å². The summed E-state index contributed by atoms with van der Waals surface area (Å²) in [6.07, 6.45) is -0.701. The summed E-state index contributed by atoms with van der Waals surface area (Å²) in [5, 5.41) is 12.4. The van der Waals surface area contributed by atoms with Crippen molar-refractivity contribution in [1.82, 2.24) is 5.32 Å². The Kier molecular flexibility index (Phi) is 6.17. The zero-order chi connectivity index (χ0) is 20.9. The third-order valence-corrected chi connectivity index (χ3v) is 7.41. The first-order valence-electron chi connectivity index (χ1n) is 9.65. The molecule has 0 aromatic heterocycles. The van der Waals surface area contributed by atoms with E-state index in [0.717, 1.165) is 26.7 Å². The molecule has 1 atom stereocenters. The number of fused-ring (bicyclic) bond motifs is 3. The second-order valence-electron chi connectivity index (χ2n) is 6.98. The molecule has 0 radical (unpaired) electrons. The molecule has 3 aromatic carbocycles. The van der Waals surface area contributed by atoms with Crippen LogP contribution in [0.3, 0.4) is 0 Å². The van der Waals surface area contributed by atoms with Gasteiger partial charge in [-0.05, 0) is 0 Å². The van der Waals surface area contributed by atoms with Crippen molar-refractivity contribution in [2.75, 3.05) is 6.61 Å². The molecule has 0 heterocycles. The van der Waals surface area contributed by atoms with E-state index in [1.807, 2.05) is 66.7 Å². The number of benzene rings is 3. The Labute approximate surface area is 181 Å². The number of carboxylic acids is 1. The van der Waals surface area contributed by atoms with Gasteiger partial charge in [-0.3, -0.25) is 0 Å². The number of hydrogen-bond acceptors (Lipinski definition) is 3. The third-order valence-electron chi connectivity index (χ3n) is 5.09. The number of carbonyl (C=O) groups is 2. The SMILES string of the molecule is O=C(N[C@@H](C[Se]c1ccccc1)C(=O)O)OCC1c2ccccc2-c2ccccc21. The summed E-state index contributed by atoms with van der Waals surface area (Å²) >= 11 is -0.0546. The first kappa shape index (κ1) is 20.2. The summed E-state index contributed by atoms with van der Waals surface area (Å²) in [6.45, 7) is 0.163. The standard InChI is InChI=1S/C24H21NO4Se/c26-23(27)22(15-30-16-8-2-1-3-9-16)25-24(28)29-14-21-19-12-6-4-10-17(19)18-11-5-7-13-20(18)21/h1-13,21-22H,14-15H2,(H,25,28)(H,26,27)/t22-/m0/s1. The molecular weight excluding hydrogens is 445 g/mol. The summed E-state index contributed by atoms with van der Waals surface area (Å²) in [5.41, 5.74) is 4.54. The zero-order valence-corrected chi connectivity index (χ0v) is 17.9. The molecule has 3 aromatic rings. The molecule has 5 nitrogen and oxygen atoms in total. The number of amides is 1. The number of nitrogens with one attached hydrogen (secondary N) is 1. The fourth-order valence-corrected chi connectivity index (χ4v) is 5.61. The van der Waals surface area contributed by atoms with Gasteiger partial charge >= 0.3 is 181 Å². The Hall–Kier alpha value is -3.08. The molecule has 0 fully saturated rings. The van der Waals surface area contributed by atoms with Crippen molar-refractivity contribution in [3.05, 3.63) is 90.0 Å². The quantitative estimate of drug-likeness (QED) is 0.524. The number of ether oxygens (including phenoxy) is 1. The topological polar surface area (TPSA) is 75.6 Å².